The van der Waals surface area contributed by atoms with Crippen molar-refractivity contribution in [2.75, 3.05) is 7.05 Å². The van der Waals surface area contributed by atoms with Crippen LogP contribution in [0.5, 0.6) is 0 Å². The topological polar surface area (TPSA) is 74.7 Å². The highest BCUT2D eigenvalue weighted by atomic mass is 32.2. The summed E-state index contributed by atoms with van der Waals surface area (Å²) in [5.41, 5.74) is 0.549. The van der Waals surface area contributed by atoms with Crippen LogP contribution in [0, 0.1) is 0 Å². The van der Waals surface area contributed by atoms with Gasteiger partial charge in [0, 0.05) is 19.2 Å². The van der Waals surface area contributed by atoms with Gasteiger partial charge in [-0.15, -0.1) is 0 Å². The van der Waals surface area contributed by atoms with Crippen LogP contribution >= 0.6 is 0 Å². The molecule has 5 nitrogen and oxygen atoms in total. The van der Waals surface area contributed by atoms with E-state index in [0.29, 0.717) is 5.56 Å². The van der Waals surface area contributed by atoms with Crippen LogP contribution in [-0.2, 0) is 14.8 Å². The second kappa shape index (κ2) is 5.14. The molecule has 0 heterocycles. The summed E-state index contributed by atoms with van der Waals surface area (Å²) in [6.07, 6.45) is 4.15. The van der Waals surface area contributed by atoms with Gasteiger partial charge in [-0.3, -0.25) is 0 Å². The Kier molecular flexibility index (Phi) is 3.73. The zero-order chi connectivity index (χ0) is 14.0. The van der Waals surface area contributed by atoms with Crippen LogP contribution in [0.4, 0.5) is 0 Å². The molecular weight excluding hydrogens is 266 g/mol. The maximum Gasteiger partial charge on any atom is 0.328 e. The summed E-state index contributed by atoms with van der Waals surface area (Å²) in [6.45, 7) is 0. The molecule has 1 aliphatic carbocycles. The highest BCUT2D eigenvalue weighted by Gasteiger charge is 2.34. The normalized spacial score (nSPS) is 16.1. The molecule has 0 amide bonds. The van der Waals surface area contributed by atoms with Gasteiger partial charge in [0.2, 0.25) is 10.0 Å². The number of hydrogen-bond acceptors (Lipinski definition) is 3. The number of sulfonamides is 1. The van der Waals surface area contributed by atoms with Crippen molar-refractivity contribution >= 4 is 22.1 Å². The van der Waals surface area contributed by atoms with Crippen LogP contribution in [-0.4, -0.2) is 36.9 Å². The largest absolute Gasteiger partial charge is 0.478 e. The van der Waals surface area contributed by atoms with Crippen molar-refractivity contribution in [3.8, 4) is 0 Å². The Hall–Kier alpha value is -1.66. The maximum atomic E-state index is 12.3. The fraction of sp³-hybridized carbons (Fsp3) is 0.308. The van der Waals surface area contributed by atoms with Crippen molar-refractivity contribution in [3.63, 3.8) is 0 Å². The van der Waals surface area contributed by atoms with Crippen molar-refractivity contribution in [2.24, 2.45) is 0 Å². The first kappa shape index (κ1) is 13.8. The van der Waals surface area contributed by atoms with E-state index in [2.05, 4.69) is 0 Å². The molecule has 1 aromatic carbocycles. The van der Waals surface area contributed by atoms with Crippen molar-refractivity contribution in [3.05, 3.63) is 35.9 Å². The summed E-state index contributed by atoms with van der Waals surface area (Å²) in [5.74, 6) is -1.07. The lowest BCUT2D eigenvalue weighted by Gasteiger charge is -2.16. The number of hydrogen-bond donors (Lipinski definition) is 1. The molecule has 0 aliphatic heterocycles. The van der Waals surface area contributed by atoms with Gasteiger partial charge in [-0.25, -0.2) is 13.2 Å². The van der Waals surface area contributed by atoms with Gasteiger partial charge in [0.05, 0.1) is 4.90 Å². The predicted molar refractivity (Wildman–Crippen MR) is 71.1 cm³/mol. The molecule has 0 aromatic heterocycles. The summed E-state index contributed by atoms with van der Waals surface area (Å²) in [4.78, 5) is 10.6. The van der Waals surface area contributed by atoms with Crippen LogP contribution in [0.15, 0.2) is 35.2 Å². The molecule has 1 saturated carbocycles. The number of aliphatic carboxylic acids is 1. The van der Waals surface area contributed by atoms with E-state index in [9.17, 15) is 13.2 Å². The van der Waals surface area contributed by atoms with Gasteiger partial charge in [-0.05, 0) is 36.6 Å². The summed E-state index contributed by atoms with van der Waals surface area (Å²) in [6, 6.07) is 6.37. The first-order valence-electron chi connectivity index (χ1n) is 5.90. The molecule has 102 valence electrons. The minimum absolute atomic E-state index is 0.100. The SMILES string of the molecule is CN(C1CC1)S(=O)(=O)c1cccc(/C=C/C(=O)O)c1. The molecule has 0 bridgehead atoms. The van der Waals surface area contributed by atoms with Crippen LogP contribution < -0.4 is 0 Å². The number of carbonyl (C=O) groups is 1. The Labute approximate surface area is 112 Å². The van der Waals surface area contributed by atoms with Crippen molar-refractivity contribution in [1.82, 2.24) is 4.31 Å². The van der Waals surface area contributed by atoms with Gasteiger partial charge < -0.3 is 5.11 Å². The first-order chi connectivity index (χ1) is 8.91. The zero-order valence-electron chi connectivity index (χ0n) is 10.5. The molecule has 19 heavy (non-hydrogen) atoms. The van der Waals surface area contributed by atoms with Crippen molar-refractivity contribution in [2.45, 2.75) is 23.8 Å². The maximum absolute atomic E-state index is 12.3. The summed E-state index contributed by atoms with van der Waals surface area (Å²) in [7, 11) is -1.91. The van der Waals surface area contributed by atoms with Gasteiger partial charge in [-0.2, -0.15) is 4.31 Å². The van der Waals surface area contributed by atoms with Crippen LogP contribution in [0.1, 0.15) is 18.4 Å². The summed E-state index contributed by atoms with van der Waals surface area (Å²) < 4.78 is 26.0. The fourth-order valence-corrected chi connectivity index (χ4v) is 3.22. The molecule has 6 heteroatoms. The second-order valence-corrected chi connectivity index (χ2v) is 6.49. The lowest BCUT2D eigenvalue weighted by atomic mass is 10.2. The average Bonchev–Trinajstić information content (AvgIpc) is 3.20. The van der Waals surface area contributed by atoms with E-state index >= 15 is 0 Å². The molecule has 0 radical (unpaired) electrons. The van der Waals surface area contributed by atoms with Crippen molar-refractivity contribution < 1.29 is 18.3 Å². The third-order valence-electron chi connectivity index (χ3n) is 3.01. The van der Waals surface area contributed by atoms with E-state index in [1.165, 1.54) is 22.5 Å². The number of carboxylic acids is 1. The molecule has 1 aliphatic rings. The fourth-order valence-electron chi connectivity index (χ4n) is 1.75. The van der Waals surface area contributed by atoms with E-state index in [4.69, 9.17) is 5.11 Å². The molecule has 0 atom stereocenters. The van der Waals surface area contributed by atoms with Gasteiger partial charge in [0.15, 0.2) is 0 Å². The van der Waals surface area contributed by atoms with Crippen LogP contribution in [0.2, 0.25) is 0 Å². The van der Waals surface area contributed by atoms with E-state index in [0.717, 1.165) is 18.9 Å². The number of benzene rings is 1. The smallest absolute Gasteiger partial charge is 0.328 e. The minimum Gasteiger partial charge on any atom is -0.478 e. The number of rotatable bonds is 5. The standard InChI is InChI=1S/C13H15NO4S/c1-14(11-6-7-11)19(17,18)12-4-2-3-10(9-12)5-8-13(15)16/h2-5,8-9,11H,6-7H2,1H3,(H,15,16)/b8-5+. The molecule has 2 rings (SSSR count). The minimum atomic E-state index is -3.48. The van der Waals surface area contributed by atoms with E-state index in [1.54, 1.807) is 19.2 Å². The zero-order valence-corrected chi connectivity index (χ0v) is 11.3. The van der Waals surface area contributed by atoms with E-state index < -0.39 is 16.0 Å². The number of nitrogens with zero attached hydrogens (tertiary/aromatic N) is 1. The second-order valence-electron chi connectivity index (χ2n) is 4.50. The quantitative estimate of drug-likeness (QED) is 0.831. The molecule has 1 aromatic rings. The first-order valence-corrected chi connectivity index (χ1v) is 7.34. The van der Waals surface area contributed by atoms with Crippen LogP contribution in [0.25, 0.3) is 6.08 Å². The van der Waals surface area contributed by atoms with Gasteiger partial charge >= 0.3 is 5.97 Å². The molecular formula is C13H15NO4S. The third kappa shape index (κ3) is 3.21. The molecule has 0 saturated heterocycles. The Bertz CT molecular complexity index is 617. The Morgan fingerprint density at radius 2 is 2.11 bits per heavy atom. The molecule has 1 fully saturated rings. The molecule has 1 N–H and O–H groups in total. The summed E-state index contributed by atoms with van der Waals surface area (Å²) >= 11 is 0. The van der Waals surface area contributed by atoms with E-state index in [1.807, 2.05) is 0 Å². The Morgan fingerprint density at radius 1 is 1.42 bits per heavy atom. The Balaban J connectivity index is 2.29. The highest BCUT2D eigenvalue weighted by Crippen LogP contribution is 2.30. The van der Waals surface area contributed by atoms with Gasteiger partial charge in [-0.1, -0.05) is 12.1 Å². The monoisotopic (exact) mass is 281 g/mol. The summed E-state index contributed by atoms with van der Waals surface area (Å²) in [5, 5.41) is 8.56. The van der Waals surface area contributed by atoms with E-state index in [-0.39, 0.29) is 10.9 Å². The highest BCUT2D eigenvalue weighted by molar-refractivity contribution is 7.89. The third-order valence-corrected chi connectivity index (χ3v) is 4.92. The van der Waals surface area contributed by atoms with Gasteiger partial charge in [0.25, 0.3) is 0 Å². The van der Waals surface area contributed by atoms with Crippen molar-refractivity contribution in [1.29, 1.82) is 0 Å². The lowest BCUT2D eigenvalue weighted by Crippen LogP contribution is -2.28. The number of carboxylic acid groups (broad SMARTS) is 1. The molecule has 0 unspecified atom stereocenters. The Morgan fingerprint density at radius 3 is 2.68 bits per heavy atom. The predicted octanol–water partition coefficient (Wildman–Crippen LogP) is 1.57. The average molecular weight is 281 g/mol. The molecule has 0 spiro atoms. The lowest BCUT2D eigenvalue weighted by molar-refractivity contribution is -0.131. The van der Waals surface area contributed by atoms with Gasteiger partial charge in [0.1, 0.15) is 0 Å². The van der Waals surface area contributed by atoms with Crippen LogP contribution in [0.3, 0.4) is 0 Å².